The van der Waals surface area contributed by atoms with Crippen molar-refractivity contribution in [2.24, 2.45) is 4.99 Å². The van der Waals surface area contributed by atoms with Crippen LogP contribution in [0.2, 0.25) is 0 Å². The van der Waals surface area contributed by atoms with Gasteiger partial charge in [0.05, 0.1) is 5.71 Å². The second-order valence-corrected chi connectivity index (χ2v) is 7.88. The van der Waals surface area contributed by atoms with Crippen LogP contribution in [0.5, 0.6) is 0 Å². The molecule has 0 amide bonds. The van der Waals surface area contributed by atoms with E-state index in [2.05, 4.69) is 65.1 Å². The Morgan fingerprint density at radius 1 is 1.00 bits per heavy atom. The Morgan fingerprint density at radius 3 is 2.20 bits per heavy atom. The Bertz CT molecular complexity index is 754. The van der Waals surface area contributed by atoms with E-state index in [0.29, 0.717) is 6.04 Å². The van der Waals surface area contributed by atoms with E-state index in [1.54, 1.807) is 0 Å². The van der Waals surface area contributed by atoms with Crippen molar-refractivity contribution in [2.45, 2.75) is 72.8 Å². The maximum Gasteiger partial charge on any atom is 0.0659 e. The van der Waals surface area contributed by atoms with Crippen LogP contribution in [0.15, 0.2) is 102 Å². The van der Waals surface area contributed by atoms with Gasteiger partial charge in [-0.3, -0.25) is 4.99 Å². The molecule has 1 N–H and O–H groups in total. The fraction of sp³-hybridized carbons (Fsp3) is 0.393. The van der Waals surface area contributed by atoms with Crippen molar-refractivity contribution >= 4 is 5.71 Å². The number of hydrogen-bond donors (Lipinski definition) is 1. The summed E-state index contributed by atoms with van der Waals surface area (Å²) in [6.45, 7) is 30.2. The molecule has 0 aliphatic heterocycles. The molecule has 164 valence electrons. The Morgan fingerprint density at radius 2 is 1.67 bits per heavy atom. The fourth-order valence-corrected chi connectivity index (χ4v) is 2.83. The zero-order chi connectivity index (χ0) is 23.1. The molecule has 0 heterocycles. The molecule has 0 bridgehead atoms. The van der Waals surface area contributed by atoms with Gasteiger partial charge in [-0.15, -0.1) is 13.2 Å². The van der Waals surface area contributed by atoms with Gasteiger partial charge in [0.2, 0.25) is 0 Å². The van der Waals surface area contributed by atoms with Gasteiger partial charge in [-0.25, -0.2) is 0 Å². The zero-order valence-electron chi connectivity index (χ0n) is 20.0. The summed E-state index contributed by atoms with van der Waals surface area (Å²) < 4.78 is 0. The monoisotopic (exact) mass is 406 g/mol. The molecular formula is C28H42N2. The first-order valence-electron chi connectivity index (χ1n) is 10.7. The van der Waals surface area contributed by atoms with Crippen LogP contribution in [-0.2, 0) is 0 Å². The van der Waals surface area contributed by atoms with Crippen LogP contribution in [0.3, 0.4) is 0 Å². The number of allylic oxidation sites excluding steroid dienone is 9. The highest BCUT2D eigenvalue weighted by atomic mass is 14.9. The number of nitrogens with one attached hydrogen (secondary N) is 1. The third-order valence-corrected chi connectivity index (χ3v) is 5.06. The molecule has 1 unspecified atom stereocenters. The average molecular weight is 407 g/mol. The molecule has 0 rings (SSSR count). The van der Waals surface area contributed by atoms with Gasteiger partial charge in [0, 0.05) is 17.4 Å². The summed E-state index contributed by atoms with van der Waals surface area (Å²) in [6.07, 6.45) is 14.8. The number of hydrogen-bond acceptors (Lipinski definition) is 2. The highest BCUT2D eigenvalue weighted by Gasteiger charge is 2.10. The van der Waals surface area contributed by atoms with Crippen molar-refractivity contribution in [3.05, 3.63) is 97.0 Å². The van der Waals surface area contributed by atoms with Gasteiger partial charge in [-0.1, -0.05) is 55.2 Å². The van der Waals surface area contributed by atoms with Crippen LogP contribution in [-0.4, -0.2) is 11.8 Å². The Labute approximate surface area is 186 Å². The highest BCUT2D eigenvalue weighted by molar-refractivity contribution is 6.08. The molecule has 0 aromatic heterocycles. The molecule has 0 aliphatic carbocycles. The molecule has 0 saturated heterocycles. The third kappa shape index (κ3) is 11.4. The van der Waals surface area contributed by atoms with Gasteiger partial charge in [0.1, 0.15) is 0 Å². The summed E-state index contributed by atoms with van der Waals surface area (Å²) >= 11 is 0. The topological polar surface area (TPSA) is 24.4 Å². The van der Waals surface area contributed by atoms with Gasteiger partial charge in [0.15, 0.2) is 0 Å². The lowest BCUT2D eigenvalue weighted by molar-refractivity contribution is 0.514. The highest BCUT2D eigenvalue weighted by Crippen LogP contribution is 2.17. The van der Waals surface area contributed by atoms with Crippen molar-refractivity contribution in [3.8, 4) is 0 Å². The third-order valence-electron chi connectivity index (χ3n) is 5.06. The van der Waals surface area contributed by atoms with Gasteiger partial charge in [0.25, 0.3) is 0 Å². The molecule has 2 nitrogen and oxygen atoms in total. The maximum absolute atomic E-state index is 4.70. The molecule has 0 aromatic carbocycles. The summed E-state index contributed by atoms with van der Waals surface area (Å²) in [5, 5.41) is 3.58. The molecule has 0 fully saturated rings. The van der Waals surface area contributed by atoms with Crippen LogP contribution < -0.4 is 5.32 Å². The summed E-state index contributed by atoms with van der Waals surface area (Å²) in [4.78, 5) is 4.70. The zero-order valence-corrected chi connectivity index (χ0v) is 20.0. The van der Waals surface area contributed by atoms with E-state index >= 15 is 0 Å². The first-order chi connectivity index (χ1) is 14.2. The van der Waals surface area contributed by atoms with Gasteiger partial charge in [-0.2, -0.15) is 0 Å². The number of rotatable bonds is 15. The van der Waals surface area contributed by atoms with Crippen LogP contribution in [0, 0.1) is 0 Å². The molecular weight excluding hydrogens is 364 g/mol. The second kappa shape index (κ2) is 15.3. The average Bonchev–Trinajstić information content (AvgIpc) is 2.70. The molecule has 0 spiro atoms. The van der Waals surface area contributed by atoms with Gasteiger partial charge < -0.3 is 5.32 Å². The lowest BCUT2D eigenvalue weighted by Gasteiger charge is -2.21. The van der Waals surface area contributed by atoms with Gasteiger partial charge >= 0.3 is 0 Å². The van der Waals surface area contributed by atoms with E-state index in [-0.39, 0.29) is 0 Å². The summed E-state index contributed by atoms with van der Waals surface area (Å²) in [7, 11) is 0. The molecule has 30 heavy (non-hydrogen) atoms. The summed E-state index contributed by atoms with van der Waals surface area (Å²) in [5.41, 5.74) is 7.40. The van der Waals surface area contributed by atoms with Crippen LogP contribution in [0.1, 0.15) is 66.7 Å². The summed E-state index contributed by atoms with van der Waals surface area (Å²) in [5.74, 6) is 0. The Hall–Kier alpha value is -2.61. The van der Waals surface area contributed by atoms with E-state index in [1.807, 2.05) is 38.2 Å². The quantitative estimate of drug-likeness (QED) is 0.165. The number of aliphatic imine (C=N–C) groups is 1. The molecule has 0 aromatic rings. The lowest BCUT2D eigenvalue weighted by atomic mass is 10.00. The van der Waals surface area contributed by atoms with E-state index in [1.165, 1.54) is 11.1 Å². The van der Waals surface area contributed by atoms with Crippen molar-refractivity contribution in [1.29, 1.82) is 0 Å². The Kier molecular flexibility index (Phi) is 13.9. The van der Waals surface area contributed by atoms with Gasteiger partial charge in [-0.05, 0) is 83.9 Å². The molecule has 0 aliphatic rings. The SMILES string of the molecule is C=CC/C=C(C)/N=C(\C=C(/C)C(=C)NC(CC=C)CCC/C(C)=C(\C)C=C)C(=C)C. The first-order valence-corrected chi connectivity index (χ1v) is 10.7. The van der Waals surface area contributed by atoms with Crippen LogP contribution >= 0.6 is 0 Å². The van der Waals surface area contributed by atoms with Crippen molar-refractivity contribution < 1.29 is 0 Å². The van der Waals surface area contributed by atoms with Crippen LogP contribution in [0.25, 0.3) is 0 Å². The molecule has 2 heteroatoms. The molecule has 0 radical (unpaired) electrons. The fourth-order valence-electron chi connectivity index (χ4n) is 2.83. The molecule has 0 saturated carbocycles. The van der Waals surface area contributed by atoms with Crippen molar-refractivity contribution in [1.82, 2.24) is 5.32 Å². The van der Waals surface area contributed by atoms with E-state index in [9.17, 15) is 0 Å². The summed E-state index contributed by atoms with van der Waals surface area (Å²) in [6, 6.07) is 0.314. The normalized spacial score (nSPS) is 14.5. The lowest BCUT2D eigenvalue weighted by Crippen LogP contribution is -2.28. The number of nitrogens with zero attached hydrogens (tertiary/aromatic N) is 1. The van der Waals surface area contributed by atoms with Crippen molar-refractivity contribution in [3.63, 3.8) is 0 Å². The first kappa shape index (κ1) is 27.4. The standard InChI is InChI=1S/C28H42N2/c1-11-14-18-25(9)29-28(21(4)5)20-24(8)26(10)30-27(16-12-2)19-15-17-23(7)22(6)13-3/h11-13,18,20,27,30H,1-4,10,14-17,19H2,5-9H3/b23-22+,24-20+,25-18+,29-28+. The minimum atomic E-state index is 0.314. The predicted octanol–water partition coefficient (Wildman–Crippen LogP) is 8.17. The largest absolute Gasteiger partial charge is 0.382 e. The smallest absolute Gasteiger partial charge is 0.0659 e. The van der Waals surface area contributed by atoms with E-state index < -0.39 is 0 Å². The second-order valence-electron chi connectivity index (χ2n) is 7.88. The van der Waals surface area contributed by atoms with Crippen molar-refractivity contribution in [2.75, 3.05) is 0 Å². The minimum absolute atomic E-state index is 0.314. The van der Waals surface area contributed by atoms with E-state index in [4.69, 9.17) is 4.99 Å². The maximum atomic E-state index is 4.70. The molecule has 1 atom stereocenters. The van der Waals surface area contributed by atoms with Crippen LogP contribution in [0.4, 0.5) is 0 Å². The predicted molar refractivity (Wildman–Crippen MR) is 138 cm³/mol. The Balaban J connectivity index is 5.22. The minimum Gasteiger partial charge on any atom is -0.382 e. The van der Waals surface area contributed by atoms with E-state index in [0.717, 1.165) is 60.4 Å².